The molecule has 2 heterocycles. The Balaban J connectivity index is 1.86. The molecule has 0 bridgehead atoms. The van der Waals surface area contributed by atoms with Crippen molar-refractivity contribution in [1.29, 1.82) is 0 Å². The van der Waals surface area contributed by atoms with Crippen LogP contribution < -0.4 is 0 Å². The summed E-state index contributed by atoms with van der Waals surface area (Å²) in [5.74, 6) is 0.446. The zero-order valence-electron chi connectivity index (χ0n) is 12.6. The van der Waals surface area contributed by atoms with E-state index in [2.05, 4.69) is 14.8 Å². The summed E-state index contributed by atoms with van der Waals surface area (Å²) < 4.78 is 2.86. The molecule has 0 aliphatic carbocycles. The lowest BCUT2D eigenvalue weighted by molar-refractivity contribution is 0.102. The number of hydrogen-bond donors (Lipinski definition) is 0. The molecule has 0 radical (unpaired) electrons. The highest BCUT2D eigenvalue weighted by Crippen LogP contribution is 2.25. The Hall–Kier alpha value is -1.63. The highest BCUT2D eigenvalue weighted by molar-refractivity contribution is 8.01. The second-order valence-electron chi connectivity index (χ2n) is 5.02. The molecule has 0 saturated heterocycles. The minimum atomic E-state index is 0.0894. The highest BCUT2D eigenvalue weighted by Gasteiger charge is 2.17. The van der Waals surface area contributed by atoms with Crippen LogP contribution >= 0.6 is 34.7 Å². The number of Topliss-reactive ketones (excluding diaryl/α,β-unsaturated/α-hetero) is 1. The Bertz CT molecular complexity index is 843. The van der Waals surface area contributed by atoms with Crippen molar-refractivity contribution in [2.24, 2.45) is 0 Å². The maximum Gasteiger partial charge on any atom is 0.174 e. The van der Waals surface area contributed by atoms with E-state index in [1.807, 2.05) is 44.2 Å². The lowest BCUT2D eigenvalue weighted by atomic mass is 10.2. The molecule has 118 valence electrons. The average Bonchev–Trinajstić information content (AvgIpc) is 3.13. The van der Waals surface area contributed by atoms with Crippen LogP contribution in [0.4, 0.5) is 0 Å². The van der Waals surface area contributed by atoms with Gasteiger partial charge in [0.15, 0.2) is 10.1 Å². The number of carbonyl (C=O) groups excluding carboxylic acids is 1. The molecule has 0 amide bonds. The molecule has 0 aliphatic heterocycles. The molecule has 0 unspecified atom stereocenters. The first-order valence-corrected chi connectivity index (χ1v) is 9.17. The number of hydrogen-bond acceptors (Lipinski definition) is 5. The van der Waals surface area contributed by atoms with Crippen molar-refractivity contribution in [3.63, 3.8) is 0 Å². The van der Waals surface area contributed by atoms with Crippen molar-refractivity contribution >= 4 is 40.5 Å². The van der Waals surface area contributed by atoms with E-state index in [0.717, 1.165) is 27.0 Å². The summed E-state index contributed by atoms with van der Waals surface area (Å²) in [5, 5.41) is 8.40. The normalized spacial score (nSPS) is 10.9. The first-order valence-electron chi connectivity index (χ1n) is 6.93. The van der Waals surface area contributed by atoms with Crippen LogP contribution in [-0.4, -0.2) is 26.3 Å². The van der Waals surface area contributed by atoms with E-state index in [9.17, 15) is 4.79 Å². The van der Waals surface area contributed by atoms with Gasteiger partial charge >= 0.3 is 0 Å². The summed E-state index contributed by atoms with van der Waals surface area (Å²) >= 11 is 8.94. The molecule has 0 fully saturated rings. The first kappa shape index (κ1) is 16.2. The third-order valence-corrected chi connectivity index (χ3v) is 5.56. The fourth-order valence-corrected chi connectivity index (χ4v) is 4.04. The second kappa shape index (κ2) is 6.86. The van der Waals surface area contributed by atoms with Gasteiger partial charge in [-0.05, 0) is 38.1 Å². The molecule has 0 atom stereocenters. The molecule has 23 heavy (non-hydrogen) atoms. The third-order valence-electron chi connectivity index (χ3n) is 3.46. The summed E-state index contributed by atoms with van der Waals surface area (Å²) in [6.07, 6.45) is 0. The van der Waals surface area contributed by atoms with Crippen LogP contribution in [0.25, 0.3) is 5.69 Å². The van der Waals surface area contributed by atoms with E-state index in [0.29, 0.717) is 10.8 Å². The number of benzene rings is 1. The molecule has 1 aromatic carbocycles. The van der Waals surface area contributed by atoms with Crippen LogP contribution in [0.2, 0.25) is 5.02 Å². The van der Waals surface area contributed by atoms with Gasteiger partial charge in [-0.15, -0.1) is 10.2 Å². The van der Waals surface area contributed by atoms with Crippen molar-refractivity contribution in [3.8, 4) is 5.69 Å². The first-order chi connectivity index (χ1) is 11.1. The number of rotatable bonds is 5. The molecule has 4 nitrogen and oxygen atoms in total. The molecule has 0 saturated carbocycles. The van der Waals surface area contributed by atoms with Crippen LogP contribution in [0.3, 0.4) is 0 Å². The summed E-state index contributed by atoms with van der Waals surface area (Å²) in [7, 11) is 0. The fourth-order valence-electron chi connectivity index (χ4n) is 2.49. The number of ketones is 1. The SMILES string of the molecule is Cc1cc(C(=O)CSc2nncs2)c(C)n1-c1cccc(Cl)c1. The third kappa shape index (κ3) is 3.49. The maximum absolute atomic E-state index is 12.5. The minimum absolute atomic E-state index is 0.0894. The molecular formula is C16H14ClN3OS2. The smallest absolute Gasteiger partial charge is 0.174 e. The predicted molar refractivity (Wildman–Crippen MR) is 95.2 cm³/mol. The fraction of sp³-hybridized carbons (Fsp3) is 0.188. The summed E-state index contributed by atoms with van der Waals surface area (Å²) in [5.41, 5.74) is 5.29. The van der Waals surface area contributed by atoms with Gasteiger partial charge in [0.2, 0.25) is 0 Å². The Morgan fingerprint density at radius 2 is 2.17 bits per heavy atom. The molecule has 0 N–H and O–H groups in total. The van der Waals surface area contributed by atoms with Crippen molar-refractivity contribution in [2.75, 3.05) is 5.75 Å². The Kier molecular flexibility index (Phi) is 4.84. The minimum Gasteiger partial charge on any atom is -0.318 e. The average molecular weight is 364 g/mol. The van der Waals surface area contributed by atoms with Crippen molar-refractivity contribution in [1.82, 2.24) is 14.8 Å². The van der Waals surface area contributed by atoms with Crippen LogP contribution in [0.1, 0.15) is 21.7 Å². The quantitative estimate of drug-likeness (QED) is 0.492. The van der Waals surface area contributed by atoms with Crippen molar-refractivity contribution < 1.29 is 4.79 Å². The monoisotopic (exact) mass is 363 g/mol. The van der Waals surface area contributed by atoms with Crippen LogP contribution in [-0.2, 0) is 0 Å². The number of aryl methyl sites for hydroxylation is 1. The zero-order chi connectivity index (χ0) is 16.4. The van der Waals surface area contributed by atoms with Gasteiger partial charge in [0, 0.05) is 27.7 Å². The summed E-state index contributed by atoms with van der Waals surface area (Å²) in [4.78, 5) is 12.5. The van der Waals surface area contributed by atoms with Gasteiger partial charge in [0.25, 0.3) is 0 Å². The molecule has 0 aliphatic rings. The standard InChI is InChI=1S/C16H14ClN3OS2/c1-10-6-14(15(21)8-22-16-19-18-9-23-16)11(2)20(10)13-5-3-4-12(17)7-13/h3-7,9H,8H2,1-2H3. The summed E-state index contributed by atoms with van der Waals surface area (Å²) in [6, 6.07) is 9.55. The molecule has 7 heteroatoms. The number of nitrogens with zero attached hydrogens (tertiary/aromatic N) is 3. The number of aromatic nitrogens is 3. The molecular weight excluding hydrogens is 350 g/mol. The lowest BCUT2D eigenvalue weighted by Crippen LogP contribution is -2.05. The van der Waals surface area contributed by atoms with E-state index >= 15 is 0 Å². The lowest BCUT2D eigenvalue weighted by Gasteiger charge is -2.10. The van der Waals surface area contributed by atoms with Gasteiger partial charge in [0.1, 0.15) is 5.51 Å². The number of carbonyl (C=O) groups is 1. The van der Waals surface area contributed by atoms with Gasteiger partial charge in [-0.3, -0.25) is 4.79 Å². The van der Waals surface area contributed by atoms with Gasteiger partial charge in [-0.25, -0.2) is 0 Å². The molecule has 3 aromatic rings. The number of thioether (sulfide) groups is 1. The molecule has 2 aromatic heterocycles. The topological polar surface area (TPSA) is 47.8 Å². The van der Waals surface area contributed by atoms with Crippen LogP contribution in [0.15, 0.2) is 40.2 Å². The van der Waals surface area contributed by atoms with Gasteiger partial charge < -0.3 is 4.57 Å². The van der Waals surface area contributed by atoms with Crippen molar-refractivity contribution in [2.45, 2.75) is 18.2 Å². The molecule has 3 rings (SSSR count). The largest absolute Gasteiger partial charge is 0.318 e. The Morgan fingerprint density at radius 1 is 1.35 bits per heavy atom. The summed E-state index contributed by atoms with van der Waals surface area (Å²) in [6.45, 7) is 3.94. The van der Waals surface area contributed by atoms with E-state index < -0.39 is 0 Å². The van der Waals surface area contributed by atoms with Crippen LogP contribution in [0.5, 0.6) is 0 Å². The van der Waals surface area contributed by atoms with Crippen molar-refractivity contribution in [3.05, 3.63) is 57.8 Å². The predicted octanol–water partition coefficient (Wildman–Crippen LogP) is 4.57. The van der Waals surface area contributed by atoms with Gasteiger partial charge in [-0.2, -0.15) is 0 Å². The molecule has 0 spiro atoms. The van der Waals surface area contributed by atoms with E-state index in [-0.39, 0.29) is 5.78 Å². The van der Waals surface area contributed by atoms with E-state index in [4.69, 9.17) is 11.6 Å². The maximum atomic E-state index is 12.5. The van der Waals surface area contributed by atoms with E-state index in [1.54, 1.807) is 5.51 Å². The highest BCUT2D eigenvalue weighted by atomic mass is 35.5. The van der Waals surface area contributed by atoms with Gasteiger partial charge in [0.05, 0.1) is 5.75 Å². The Labute approximate surface area is 147 Å². The van der Waals surface area contributed by atoms with Crippen LogP contribution in [0, 0.1) is 13.8 Å². The second-order valence-corrected chi connectivity index (χ2v) is 7.51. The van der Waals surface area contributed by atoms with E-state index in [1.165, 1.54) is 23.1 Å². The van der Waals surface area contributed by atoms with Gasteiger partial charge in [-0.1, -0.05) is 40.8 Å². The Morgan fingerprint density at radius 3 is 2.87 bits per heavy atom. The number of halogens is 1. The zero-order valence-corrected chi connectivity index (χ0v) is 15.0.